The monoisotopic (exact) mass is 430 g/mol. The molecule has 1 aromatic carbocycles. The minimum atomic E-state index is -3.61. The number of carbonyl (C=O) groups excluding carboxylic acids is 2. The maximum absolute atomic E-state index is 12.7. The lowest BCUT2D eigenvalue weighted by molar-refractivity contribution is -0.130. The number of piperazine rings is 1. The smallest absolute Gasteiger partial charge is 0.317 e. The number of urea groups is 1. The SMILES string of the molecule is CCN(CC)C(=O)CCNC(=O)N1CCN(S(=O)(=O)c2ccc(Cl)cc2)CC1. The Morgan fingerprint density at radius 1 is 1.07 bits per heavy atom. The molecule has 1 aliphatic heterocycles. The van der Waals surface area contributed by atoms with Crippen molar-refractivity contribution in [3.8, 4) is 0 Å². The van der Waals surface area contributed by atoms with E-state index in [0.29, 0.717) is 31.2 Å². The van der Waals surface area contributed by atoms with Crippen molar-refractivity contribution >= 4 is 33.6 Å². The average molecular weight is 431 g/mol. The number of benzene rings is 1. The molecule has 3 amide bonds. The maximum Gasteiger partial charge on any atom is 0.317 e. The summed E-state index contributed by atoms with van der Waals surface area (Å²) < 4.78 is 26.7. The summed E-state index contributed by atoms with van der Waals surface area (Å²) in [6.45, 7) is 6.41. The molecule has 0 aliphatic carbocycles. The van der Waals surface area contributed by atoms with Gasteiger partial charge in [0.25, 0.3) is 0 Å². The number of rotatable bonds is 7. The van der Waals surface area contributed by atoms with E-state index in [9.17, 15) is 18.0 Å². The van der Waals surface area contributed by atoms with Gasteiger partial charge in [-0.1, -0.05) is 11.6 Å². The van der Waals surface area contributed by atoms with E-state index in [1.807, 2.05) is 13.8 Å². The summed E-state index contributed by atoms with van der Waals surface area (Å²) in [5, 5.41) is 3.21. The highest BCUT2D eigenvalue weighted by atomic mass is 35.5. The Labute approximate surface area is 171 Å². The molecule has 1 aliphatic rings. The van der Waals surface area contributed by atoms with Crippen molar-refractivity contribution in [1.82, 2.24) is 19.4 Å². The molecular weight excluding hydrogens is 404 g/mol. The molecule has 1 N–H and O–H groups in total. The van der Waals surface area contributed by atoms with Gasteiger partial charge in [0.2, 0.25) is 15.9 Å². The molecule has 0 spiro atoms. The molecule has 1 aromatic rings. The number of sulfonamides is 1. The van der Waals surface area contributed by atoms with E-state index in [4.69, 9.17) is 11.6 Å². The number of amides is 3. The standard InChI is InChI=1S/C18H27ClN4O4S/c1-3-21(4-2)17(24)9-10-20-18(25)22-11-13-23(14-12-22)28(26,27)16-7-5-15(19)6-8-16/h5-8H,3-4,9-14H2,1-2H3,(H,20,25). The lowest BCUT2D eigenvalue weighted by Gasteiger charge is -2.34. The van der Waals surface area contributed by atoms with Gasteiger partial charge in [-0.05, 0) is 38.1 Å². The van der Waals surface area contributed by atoms with E-state index >= 15 is 0 Å². The van der Waals surface area contributed by atoms with Gasteiger partial charge in [0.15, 0.2) is 0 Å². The van der Waals surface area contributed by atoms with Crippen LogP contribution in [0.1, 0.15) is 20.3 Å². The second-order valence-corrected chi connectivity index (χ2v) is 8.77. The van der Waals surface area contributed by atoms with Gasteiger partial charge in [-0.3, -0.25) is 4.79 Å². The van der Waals surface area contributed by atoms with Crippen molar-refractivity contribution in [1.29, 1.82) is 0 Å². The first-order valence-corrected chi connectivity index (χ1v) is 11.2. The van der Waals surface area contributed by atoms with Crippen LogP contribution in [0, 0.1) is 0 Å². The summed E-state index contributed by atoms with van der Waals surface area (Å²) in [6.07, 6.45) is 0.248. The minimum absolute atomic E-state index is 0.00387. The third-order valence-corrected chi connectivity index (χ3v) is 6.87. The summed E-state index contributed by atoms with van der Waals surface area (Å²) in [5.74, 6) is 0.00387. The largest absolute Gasteiger partial charge is 0.343 e. The predicted octanol–water partition coefficient (Wildman–Crippen LogP) is 1.61. The first-order chi connectivity index (χ1) is 13.3. The molecule has 156 valence electrons. The molecule has 0 unspecified atom stereocenters. The van der Waals surface area contributed by atoms with Crippen molar-refractivity contribution in [2.45, 2.75) is 25.2 Å². The molecule has 2 rings (SSSR count). The fourth-order valence-electron chi connectivity index (χ4n) is 3.01. The average Bonchev–Trinajstić information content (AvgIpc) is 2.69. The highest BCUT2D eigenvalue weighted by molar-refractivity contribution is 7.89. The van der Waals surface area contributed by atoms with Crippen molar-refractivity contribution in [2.75, 3.05) is 45.8 Å². The van der Waals surface area contributed by atoms with Gasteiger partial charge in [-0.15, -0.1) is 0 Å². The second kappa shape index (κ2) is 10.1. The van der Waals surface area contributed by atoms with E-state index in [0.717, 1.165) is 0 Å². The van der Waals surface area contributed by atoms with Gasteiger partial charge in [0.05, 0.1) is 4.90 Å². The topological polar surface area (TPSA) is 90.0 Å². The number of nitrogens with zero attached hydrogens (tertiary/aromatic N) is 3. The van der Waals surface area contributed by atoms with Crippen LogP contribution in [0.5, 0.6) is 0 Å². The second-order valence-electron chi connectivity index (χ2n) is 6.39. The zero-order valence-corrected chi connectivity index (χ0v) is 17.8. The van der Waals surface area contributed by atoms with Crippen molar-refractivity contribution < 1.29 is 18.0 Å². The van der Waals surface area contributed by atoms with Crippen LogP contribution in [0.25, 0.3) is 0 Å². The fraction of sp³-hybridized carbons (Fsp3) is 0.556. The Morgan fingerprint density at radius 2 is 1.64 bits per heavy atom. The van der Waals surface area contributed by atoms with Crippen LogP contribution in [-0.2, 0) is 14.8 Å². The molecular formula is C18H27ClN4O4S. The zero-order valence-electron chi connectivity index (χ0n) is 16.2. The van der Waals surface area contributed by atoms with E-state index in [1.165, 1.54) is 28.6 Å². The van der Waals surface area contributed by atoms with Gasteiger partial charge in [-0.2, -0.15) is 4.31 Å². The van der Waals surface area contributed by atoms with Crippen molar-refractivity contribution in [2.24, 2.45) is 0 Å². The molecule has 28 heavy (non-hydrogen) atoms. The van der Waals surface area contributed by atoms with Crippen LogP contribution in [0.3, 0.4) is 0 Å². The van der Waals surface area contributed by atoms with E-state index in [-0.39, 0.29) is 42.9 Å². The van der Waals surface area contributed by atoms with Crippen LogP contribution in [-0.4, -0.2) is 80.3 Å². The number of halogens is 1. The Balaban J connectivity index is 1.82. The Morgan fingerprint density at radius 3 is 2.18 bits per heavy atom. The minimum Gasteiger partial charge on any atom is -0.343 e. The zero-order chi connectivity index (χ0) is 20.7. The van der Waals surface area contributed by atoms with E-state index < -0.39 is 10.0 Å². The van der Waals surface area contributed by atoms with Crippen LogP contribution in [0.4, 0.5) is 4.79 Å². The normalized spacial score (nSPS) is 15.3. The molecule has 1 fully saturated rings. The maximum atomic E-state index is 12.7. The van der Waals surface area contributed by atoms with Gasteiger partial charge in [-0.25, -0.2) is 13.2 Å². The number of nitrogens with one attached hydrogen (secondary N) is 1. The van der Waals surface area contributed by atoms with E-state index in [2.05, 4.69) is 5.32 Å². The van der Waals surface area contributed by atoms with Crippen molar-refractivity contribution in [3.63, 3.8) is 0 Å². The first-order valence-electron chi connectivity index (χ1n) is 9.35. The van der Waals surface area contributed by atoms with Crippen LogP contribution >= 0.6 is 11.6 Å². The third kappa shape index (κ3) is 5.59. The van der Waals surface area contributed by atoms with Crippen LogP contribution in [0.15, 0.2) is 29.2 Å². The molecule has 0 saturated carbocycles. The van der Waals surface area contributed by atoms with Gasteiger partial charge in [0.1, 0.15) is 0 Å². The Kier molecular flexibility index (Phi) is 8.09. The van der Waals surface area contributed by atoms with Crippen LogP contribution < -0.4 is 5.32 Å². The molecule has 1 saturated heterocycles. The van der Waals surface area contributed by atoms with Gasteiger partial charge < -0.3 is 15.1 Å². The molecule has 0 radical (unpaired) electrons. The molecule has 10 heteroatoms. The summed E-state index contributed by atoms with van der Waals surface area (Å²) in [7, 11) is -3.61. The molecule has 0 atom stereocenters. The molecule has 0 bridgehead atoms. The van der Waals surface area contributed by atoms with Crippen molar-refractivity contribution in [3.05, 3.63) is 29.3 Å². The summed E-state index contributed by atoms with van der Waals surface area (Å²) >= 11 is 5.81. The Hall–Kier alpha value is -1.84. The molecule has 1 heterocycles. The lowest BCUT2D eigenvalue weighted by Crippen LogP contribution is -2.53. The van der Waals surface area contributed by atoms with E-state index in [1.54, 1.807) is 9.80 Å². The summed E-state index contributed by atoms with van der Waals surface area (Å²) in [6, 6.07) is 5.75. The third-order valence-electron chi connectivity index (χ3n) is 4.71. The fourth-order valence-corrected chi connectivity index (χ4v) is 4.56. The van der Waals surface area contributed by atoms with Gasteiger partial charge in [0, 0.05) is 57.3 Å². The molecule has 8 nitrogen and oxygen atoms in total. The summed E-state index contributed by atoms with van der Waals surface area (Å²) in [5.41, 5.74) is 0. The quantitative estimate of drug-likeness (QED) is 0.711. The summed E-state index contributed by atoms with van der Waals surface area (Å²) in [4.78, 5) is 27.7. The number of hydrogen-bond donors (Lipinski definition) is 1. The Bertz CT molecular complexity index is 773. The predicted molar refractivity (Wildman–Crippen MR) is 108 cm³/mol. The first kappa shape index (κ1) is 22.4. The highest BCUT2D eigenvalue weighted by Crippen LogP contribution is 2.19. The number of hydrogen-bond acceptors (Lipinski definition) is 4. The highest BCUT2D eigenvalue weighted by Gasteiger charge is 2.30. The molecule has 0 aromatic heterocycles. The lowest BCUT2D eigenvalue weighted by atomic mass is 10.3. The number of carbonyl (C=O) groups is 2. The van der Waals surface area contributed by atoms with Crippen LogP contribution in [0.2, 0.25) is 5.02 Å². The van der Waals surface area contributed by atoms with Gasteiger partial charge >= 0.3 is 6.03 Å².